The third-order valence-corrected chi connectivity index (χ3v) is 4.83. The molecule has 1 aromatic heterocycles. The van der Waals surface area contributed by atoms with Crippen LogP contribution in [0.5, 0.6) is 0 Å². The van der Waals surface area contributed by atoms with E-state index in [1.807, 2.05) is 59.4 Å². The van der Waals surface area contributed by atoms with Gasteiger partial charge in [-0.05, 0) is 12.0 Å². The van der Waals surface area contributed by atoms with Gasteiger partial charge in [0.15, 0.2) is 0 Å². The zero-order chi connectivity index (χ0) is 18.5. The summed E-state index contributed by atoms with van der Waals surface area (Å²) in [5.74, 6) is 0.0202. The lowest BCUT2D eigenvalue weighted by atomic mass is 10.1. The van der Waals surface area contributed by atoms with Crippen molar-refractivity contribution in [3.8, 4) is 11.3 Å². The maximum atomic E-state index is 12.3. The summed E-state index contributed by atoms with van der Waals surface area (Å²) in [5.41, 5.74) is 4.18. The average Bonchev–Trinajstić information content (AvgIpc) is 3.38. The normalized spacial score (nSPS) is 16.4. The van der Waals surface area contributed by atoms with Gasteiger partial charge in [-0.3, -0.25) is 9.48 Å². The number of hydrogen-bond acceptors (Lipinski definition) is 3. The summed E-state index contributed by atoms with van der Waals surface area (Å²) < 4.78 is 7.26. The van der Waals surface area contributed by atoms with E-state index in [0.29, 0.717) is 26.3 Å². The zero-order valence-electron chi connectivity index (χ0n) is 15.2. The molecule has 2 aromatic carbocycles. The third-order valence-electron chi connectivity index (χ3n) is 4.83. The molecule has 0 bridgehead atoms. The Kier molecular flexibility index (Phi) is 5.30. The van der Waals surface area contributed by atoms with E-state index >= 15 is 0 Å². The third kappa shape index (κ3) is 4.26. The summed E-state index contributed by atoms with van der Waals surface area (Å²) in [4.78, 5) is 12.3. The molecule has 138 valence electrons. The first-order valence-electron chi connectivity index (χ1n) is 9.31. The van der Waals surface area contributed by atoms with Crippen LogP contribution in [0.3, 0.4) is 0 Å². The number of ether oxygens (including phenoxy) is 1. The number of rotatable bonds is 6. The summed E-state index contributed by atoms with van der Waals surface area (Å²) in [6.45, 7) is 2.35. The second-order valence-electron chi connectivity index (χ2n) is 6.83. The van der Waals surface area contributed by atoms with Crippen LogP contribution >= 0.6 is 0 Å². The molecule has 0 unspecified atom stereocenters. The van der Waals surface area contributed by atoms with Crippen LogP contribution in [0.25, 0.3) is 11.3 Å². The van der Waals surface area contributed by atoms with Crippen molar-refractivity contribution in [2.75, 3.05) is 13.2 Å². The van der Waals surface area contributed by atoms with Crippen LogP contribution in [-0.2, 0) is 22.6 Å². The predicted molar refractivity (Wildman–Crippen MR) is 104 cm³/mol. The van der Waals surface area contributed by atoms with E-state index in [1.54, 1.807) is 0 Å². The van der Waals surface area contributed by atoms with Crippen molar-refractivity contribution in [2.45, 2.75) is 19.5 Å². The monoisotopic (exact) mass is 361 g/mol. The molecule has 1 saturated heterocycles. The fourth-order valence-corrected chi connectivity index (χ4v) is 3.35. The van der Waals surface area contributed by atoms with Crippen LogP contribution < -0.4 is 5.32 Å². The molecule has 0 saturated carbocycles. The SMILES string of the molecule is O=C(NCc1cn(Cc2ccccc2)nc1-c1ccccc1)[C@@H]1CCOC1. The summed E-state index contributed by atoms with van der Waals surface area (Å²) >= 11 is 0. The first-order valence-corrected chi connectivity index (χ1v) is 9.31. The van der Waals surface area contributed by atoms with Crippen LogP contribution in [0.15, 0.2) is 66.9 Å². The van der Waals surface area contributed by atoms with Crippen molar-refractivity contribution in [3.63, 3.8) is 0 Å². The van der Waals surface area contributed by atoms with Crippen molar-refractivity contribution in [3.05, 3.63) is 78.0 Å². The molecule has 1 amide bonds. The van der Waals surface area contributed by atoms with Gasteiger partial charge < -0.3 is 10.1 Å². The second kappa shape index (κ2) is 8.18. The molecule has 0 spiro atoms. The molecule has 3 aromatic rings. The Bertz CT molecular complexity index is 884. The molecule has 0 aliphatic carbocycles. The molecular formula is C22H23N3O2. The lowest BCUT2D eigenvalue weighted by Crippen LogP contribution is -2.30. The van der Waals surface area contributed by atoms with Gasteiger partial charge >= 0.3 is 0 Å². The number of carbonyl (C=O) groups excluding carboxylic acids is 1. The highest BCUT2D eigenvalue weighted by Gasteiger charge is 2.23. The van der Waals surface area contributed by atoms with Gasteiger partial charge in [-0.25, -0.2) is 0 Å². The lowest BCUT2D eigenvalue weighted by Gasteiger charge is -2.09. The van der Waals surface area contributed by atoms with Crippen LogP contribution in [0, 0.1) is 5.92 Å². The highest BCUT2D eigenvalue weighted by Crippen LogP contribution is 2.23. The van der Waals surface area contributed by atoms with E-state index in [2.05, 4.69) is 17.4 Å². The van der Waals surface area contributed by atoms with Gasteiger partial charge in [-0.15, -0.1) is 0 Å². The first-order chi connectivity index (χ1) is 13.3. The fourth-order valence-electron chi connectivity index (χ4n) is 3.35. The Labute approximate surface area is 159 Å². The molecule has 1 N–H and O–H groups in total. The maximum absolute atomic E-state index is 12.3. The molecule has 27 heavy (non-hydrogen) atoms. The van der Waals surface area contributed by atoms with E-state index in [1.165, 1.54) is 5.56 Å². The van der Waals surface area contributed by atoms with Crippen molar-refractivity contribution in [2.24, 2.45) is 5.92 Å². The van der Waals surface area contributed by atoms with E-state index in [4.69, 9.17) is 9.84 Å². The first kappa shape index (κ1) is 17.5. The molecule has 5 heteroatoms. The molecule has 1 aliphatic heterocycles. The summed E-state index contributed by atoms with van der Waals surface area (Å²) in [6, 6.07) is 20.3. The fraction of sp³-hybridized carbons (Fsp3) is 0.273. The van der Waals surface area contributed by atoms with Crippen molar-refractivity contribution in [1.82, 2.24) is 15.1 Å². The Morgan fingerprint density at radius 1 is 1.11 bits per heavy atom. The number of amides is 1. The topological polar surface area (TPSA) is 56.2 Å². The van der Waals surface area contributed by atoms with Crippen molar-refractivity contribution < 1.29 is 9.53 Å². The molecule has 2 heterocycles. The smallest absolute Gasteiger partial charge is 0.225 e. The number of hydrogen-bond donors (Lipinski definition) is 1. The Balaban J connectivity index is 1.55. The number of nitrogens with one attached hydrogen (secondary N) is 1. The highest BCUT2D eigenvalue weighted by molar-refractivity contribution is 5.79. The quantitative estimate of drug-likeness (QED) is 0.733. The van der Waals surface area contributed by atoms with Crippen LogP contribution in [0.1, 0.15) is 17.5 Å². The number of aromatic nitrogens is 2. The number of benzene rings is 2. The van der Waals surface area contributed by atoms with Gasteiger partial charge in [-0.2, -0.15) is 5.10 Å². The standard InChI is InChI=1S/C22H23N3O2/c26-22(19-11-12-27-16-19)23-13-20-15-25(14-17-7-3-1-4-8-17)24-21(20)18-9-5-2-6-10-18/h1-10,15,19H,11-14,16H2,(H,23,26)/t19-/m1/s1. The van der Waals surface area contributed by atoms with Gasteiger partial charge in [0, 0.05) is 30.5 Å². The average molecular weight is 361 g/mol. The number of nitrogens with zero attached hydrogens (tertiary/aromatic N) is 2. The largest absolute Gasteiger partial charge is 0.381 e. The van der Waals surface area contributed by atoms with Gasteiger partial charge in [0.1, 0.15) is 0 Å². The van der Waals surface area contributed by atoms with E-state index in [9.17, 15) is 4.79 Å². The van der Waals surface area contributed by atoms with E-state index in [-0.39, 0.29) is 11.8 Å². The Morgan fingerprint density at radius 3 is 2.56 bits per heavy atom. The zero-order valence-corrected chi connectivity index (χ0v) is 15.2. The second-order valence-corrected chi connectivity index (χ2v) is 6.83. The summed E-state index contributed by atoms with van der Waals surface area (Å²) in [5, 5.41) is 7.85. The molecule has 1 atom stereocenters. The Morgan fingerprint density at radius 2 is 1.85 bits per heavy atom. The molecular weight excluding hydrogens is 338 g/mol. The Hall–Kier alpha value is -2.92. The molecule has 4 rings (SSSR count). The van der Waals surface area contributed by atoms with Gasteiger partial charge in [0.2, 0.25) is 5.91 Å². The maximum Gasteiger partial charge on any atom is 0.225 e. The summed E-state index contributed by atoms with van der Waals surface area (Å²) in [7, 11) is 0. The van der Waals surface area contributed by atoms with E-state index in [0.717, 1.165) is 23.2 Å². The summed E-state index contributed by atoms with van der Waals surface area (Å²) in [6.07, 6.45) is 2.82. The van der Waals surface area contributed by atoms with Gasteiger partial charge in [0.25, 0.3) is 0 Å². The van der Waals surface area contributed by atoms with Crippen molar-refractivity contribution in [1.29, 1.82) is 0 Å². The minimum atomic E-state index is -0.0375. The van der Waals surface area contributed by atoms with E-state index < -0.39 is 0 Å². The highest BCUT2D eigenvalue weighted by atomic mass is 16.5. The number of carbonyl (C=O) groups is 1. The predicted octanol–water partition coefficient (Wildman–Crippen LogP) is 3.25. The minimum Gasteiger partial charge on any atom is -0.381 e. The van der Waals surface area contributed by atoms with Crippen LogP contribution in [0.2, 0.25) is 0 Å². The molecule has 5 nitrogen and oxygen atoms in total. The minimum absolute atomic E-state index is 0.0375. The molecule has 0 radical (unpaired) electrons. The van der Waals surface area contributed by atoms with Gasteiger partial charge in [-0.1, -0.05) is 60.7 Å². The molecule has 1 fully saturated rings. The molecule has 1 aliphatic rings. The lowest BCUT2D eigenvalue weighted by molar-refractivity contribution is -0.125. The van der Waals surface area contributed by atoms with Gasteiger partial charge in [0.05, 0.1) is 24.8 Å². The van der Waals surface area contributed by atoms with Crippen LogP contribution in [-0.4, -0.2) is 28.9 Å². The van der Waals surface area contributed by atoms with Crippen LogP contribution in [0.4, 0.5) is 0 Å². The van der Waals surface area contributed by atoms with Crippen molar-refractivity contribution >= 4 is 5.91 Å².